The van der Waals surface area contributed by atoms with Crippen molar-refractivity contribution in [3.63, 3.8) is 0 Å². The van der Waals surface area contributed by atoms with E-state index >= 15 is 0 Å². The summed E-state index contributed by atoms with van der Waals surface area (Å²) in [5.41, 5.74) is 11.8. The first-order valence-electron chi connectivity index (χ1n) is 9.94. The van der Waals surface area contributed by atoms with Gasteiger partial charge in [-0.25, -0.2) is 9.97 Å². The Bertz CT molecular complexity index is 1040. The van der Waals surface area contributed by atoms with Gasteiger partial charge in [-0.15, -0.1) is 0 Å². The van der Waals surface area contributed by atoms with E-state index in [1.165, 1.54) is 24.1 Å². The summed E-state index contributed by atoms with van der Waals surface area (Å²) < 4.78 is 13.9. The first-order chi connectivity index (χ1) is 13.2. The van der Waals surface area contributed by atoms with Gasteiger partial charge in [-0.05, 0) is 38.0 Å². The monoisotopic (exact) mass is 365 g/mol. The fourth-order valence-corrected chi connectivity index (χ4v) is 4.93. The molecule has 1 saturated carbocycles. The fraction of sp³-hybridized carbons (Fsp3) is 0.550. The van der Waals surface area contributed by atoms with Crippen molar-refractivity contribution < 1.29 is 9.26 Å². The molecule has 0 amide bonds. The minimum absolute atomic E-state index is 0.289. The van der Waals surface area contributed by atoms with E-state index in [0.717, 1.165) is 53.9 Å². The molecule has 7 heteroatoms. The molecule has 0 radical (unpaired) electrons. The molecule has 0 spiro atoms. The predicted molar refractivity (Wildman–Crippen MR) is 101 cm³/mol. The van der Waals surface area contributed by atoms with Crippen molar-refractivity contribution in [3.8, 4) is 11.3 Å². The number of nitrogen functional groups attached to an aromatic ring is 1. The molecule has 4 heterocycles. The molecular weight excluding hydrogens is 342 g/mol. The van der Waals surface area contributed by atoms with Crippen LogP contribution in [0, 0.1) is 0 Å². The van der Waals surface area contributed by atoms with Crippen LogP contribution in [0.15, 0.2) is 10.9 Å². The van der Waals surface area contributed by atoms with Crippen LogP contribution in [0.25, 0.3) is 22.3 Å². The van der Waals surface area contributed by atoms with Gasteiger partial charge < -0.3 is 19.6 Å². The van der Waals surface area contributed by atoms with Gasteiger partial charge >= 0.3 is 0 Å². The zero-order chi connectivity index (χ0) is 18.1. The quantitative estimate of drug-likeness (QED) is 0.746. The van der Waals surface area contributed by atoms with Crippen molar-refractivity contribution in [3.05, 3.63) is 23.3 Å². The van der Waals surface area contributed by atoms with Crippen LogP contribution in [-0.2, 0) is 11.2 Å². The lowest BCUT2D eigenvalue weighted by molar-refractivity contribution is 0.186. The van der Waals surface area contributed by atoms with Crippen molar-refractivity contribution in [2.45, 2.75) is 56.9 Å². The van der Waals surface area contributed by atoms with E-state index < -0.39 is 0 Å². The maximum Gasteiger partial charge on any atom is 0.146 e. The summed E-state index contributed by atoms with van der Waals surface area (Å²) in [5, 5.41) is 5.49. The van der Waals surface area contributed by atoms with Gasteiger partial charge in [0.2, 0.25) is 0 Å². The lowest BCUT2D eigenvalue weighted by atomic mass is 9.94. The van der Waals surface area contributed by atoms with Gasteiger partial charge in [0.1, 0.15) is 29.2 Å². The number of anilines is 1. The molecule has 0 bridgehead atoms. The molecule has 1 saturated heterocycles. The van der Waals surface area contributed by atoms with Crippen LogP contribution in [0.1, 0.15) is 67.5 Å². The highest BCUT2D eigenvalue weighted by atomic mass is 16.5. The lowest BCUT2D eigenvalue weighted by Crippen LogP contribution is -2.13. The second-order valence-electron chi connectivity index (χ2n) is 8.19. The summed E-state index contributed by atoms with van der Waals surface area (Å²) in [4.78, 5) is 8.92. The number of hydrogen-bond donors (Lipinski definition) is 1. The first-order valence-corrected chi connectivity index (χ1v) is 9.94. The van der Waals surface area contributed by atoms with E-state index in [4.69, 9.17) is 15.0 Å². The number of aromatic nitrogens is 4. The Morgan fingerprint density at radius 3 is 2.85 bits per heavy atom. The van der Waals surface area contributed by atoms with Crippen LogP contribution in [0.2, 0.25) is 0 Å². The van der Waals surface area contributed by atoms with E-state index in [-0.39, 0.29) is 6.04 Å². The Hall–Kier alpha value is -2.41. The molecular formula is C20H23N5O2. The SMILES string of the molecule is CC1CCc2c(c3c(N)ncnc3n2C2CCOC2)-c2noc(C3CC3)c21. The molecule has 3 aromatic rings. The van der Waals surface area contributed by atoms with Crippen LogP contribution in [0.4, 0.5) is 5.82 Å². The third-order valence-corrected chi connectivity index (χ3v) is 6.43. The minimum Gasteiger partial charge on any atom is -0.383 e. The Balaban J connectivity index is 1.69. The topological polar surface area (TPSA) is 92.0 Å². The highest BCUT2D eigenvalue weighted by Crippen LogP contribution is 2.51. The van der Waals surface area contributed by atoms with Crippen LogP contribution in [-0.4, -0.2) is 32.9 Å². The van der Waals surface area contributed by atoms with Gasteiger partial charge in [-0.1, -0.05) is 12.1 Å². The summed E-state index contributed by atoms with van der Waals surface area (Å²) in [6, 6.07) is 0.289. The standard InChI is InChI=1S/C20H23N5O2/c1-10-2-5-13-15(17-14(10)18(27-24-17)11-3-4-11)16-19(21)22-9-23-20(16)25(13)12-6-7-26-8-12/h9-12H,2-8H2,1H3,(H2,21,22,23). The number of ether oxygens (including phenoxy) is 1. The molecule has 2 fully saturated rings. The van der Waals surface area contributed by atoms with E-state index in [9.17, 15) is 0 Å². The average Bonchev–Trinajstić information content (AvgIpc) is 3.11. The molecule has 2 aliphatic carbocycles. The minimum atomic E-state index is 0.289. The maximum atomic E-state index is 6.36. The van der Waals surface area contributed by atoms with Crippen molar-refractivity contribution in [2.75, 3.05) is 18.9 Å². The zero-order valence-corrected chi connectivity index (χ0v) is 15.4. The molecule has 2 atom stereocenters. The van der Waals surface area contributed by atoms with Crippen LogP contribution in [0.3, 0.4) is 0 Å². The van der Waals surface area contributed by atoms with Gasteiger partial charge in [0.15, 0.2) is 0 Å². The number of nitrogens with two attached hydrogens (primary N) is 1. The highest BCUT2D eigenvalue weighted by Gasteiger charge is 2.39. The third kappa shape index (κ3) is 2.15. The van der Waals surface area contributed by atoms with Gasteiger partial charge in [0.25, 0.3) is 0 Å². The van der Waals surface area contributed by atoms with Gasteiger partial charge in [-0.3, -0.25) is 0 Å². The highest BCUT2D eigenvalue weighted by molar-refractivity contribution is 6.02. The normalized spacial score (nSPS) is 24.8. The van der Waals surface area contributed by atoms with Crippen molar-refractivity contribution in [2.24, 2.45) is 0 Å². The third-order valence-electron chi connectivity index (χ3n) is 6.43. The van der Waals surface area contributed by atoms with Crippen LogP contribution >= 0.6 is 0 Å². The number of rotatable bonds is 2. The van der Waals surface area contributed by atoms with E-state index in [0.29, 0.717) is 24.3 Å². The molecule has 2 unspecified atom stereocenters. The van der Waals surface area contributed by atoms with Gasteiger partial charge in [0, 0.05) is 29.3 Å². The number of fused-ring (bicyclic) bond motifs is 5. The van der Waals surface area contributed by atoms with Gasteiger partial charge in [-0.2, -0.15) is 0 Å². The van der Waals surface area contributed by atoms with Crippen molar-refractivity contribution in [1.29, 1.82) is 0 Å². The Kier molecular flexibility index (Phi) is 3.21. The molecule has 2 N–H and O–H groups in total. The van der Waals surface area contributed by atoms with E-state index in [1.807, 2.05) is 0 Å². The predicted octanol–water partition coefficient (Wildman–Crippen LogP) is 3.56. The zero-order valence-electron chi connectivity index (χ0n) is 15.4. The van der Waals surface area contributed by atoms with Crippen molar-refractivity contribution in [1.82, 2.24) is 19.7 Å². The molecule has 1 aliphatic heterocycles. The fourth-order valence-electron chi connectivity index (χ4n) is 4.93. The summed E-state index contributed by atoms with van der Waals surface area (Å²) >= 11 is 0. The number of nitrogens with zero attached hydrogens (tertiary/aromatic N) is 4. The summed E-state index contributed by atoms with van der Waals surface area (Å²) in [7, 11) is 0. The second kappa shape index (κ2) is 5.55. The van der Waals surface area contributed by atoms with E-state index in [1.54, 1.807) is 6.33 Å². The molecule has 3 aromatic heterocycles. The van der Waals surface area contributed by atoms with Crippen LogP contribution < -0.4 is 5.73 Å². The average molecular weight is 365 g/mol. The van der Waals surface area contributed by atoms with Gasteiger partial charge in [0.05, 0.1) is 18.0 Å². The van der Waals surface area contributed by atoms with E-state index in [2.05, 4.69) is 26.6 Å². The Morgan fingerprint density at radius 1 is 1.19 bits per heavy atom. The molecule has 140 valence electrons. The molecule has 0 aromatic carbocycles. The first kappa shape index (κ1) is 15.6. The maximum absolute atomic E-state index is 6.36. The van der Waals surface area contributed by atoms with Crippen LogP contribution in [0.5, 0.6) is 0 Å². The second-order valence-corrected chi connectivity index (χ2v) is 8.19. The van der Waals surface area contributed by atoms with Crippen molar-refractivity contribution >= 4 is 16.9 Å². The summed E-state index contributed by atoms with van der Waals surface area (Å²) in [6.45, 7) is 3.80. The molecule has 7 nitrogen and oxygen atoms in total. The summed E-state index contributed by atoms with van der Waals surface area (Å²) in [6.07, 6.45) is 7.00. The molecule has 3 aliphatic rings. The largest absolute Gasteiger partial charge is 0.383 e. The molecule has 6 rings (SSSR count). The Labute approximate surface area is 156 Å². The smallest absolute Gasteiger partial charge is 0.146 e. The summed E-state index contributed by atoms with van der Waals surface area (Å²) in [5.74, 6) is 2.56. The molecule has 27 heavy (non-hydrogen) atoms. The Morgan fingerprint density at radius 2 is 2.07 bits per heavy atom. The number of hydrogen-bond acceptors (Lipinski definition) is 6. The lowest BCUT2D eigenvalue weighted by Gasteiger charge is -2.16.